The molecular weight excluding hydrogens is 328 g/mol. The third kappa shape index (κ3) is 4.83. The number of carbonyl (C=O) groups excluding carboxylic acids is 2. The van der Waals surface area contributed by atoms with Crippen LogP contribution in [0.15, 0.2) is 18.2 Å². The fourth-order valence-corrected chi connectivity index (χ4v) is 3.70. The summed E-state index contributed by atoms with van der Waals surface area (Å²) in [4.78, 5) is 27.3. The lowest BCUT2D eigenvalue weighted by Crippen LogP contribution is -3.30. The first-order valence-corrected chi connectivity index (χ1v) is 9.78. The van der Waals surface area contributed by atoms with Crippen molar-refractivity contribution in [1.29, 1.82) is 0 Å². The molecule has 1 aliphatic heterocycles. The molecule has 0 bridgehead atoms. The van der Waals surface area contributed by atoms with Gasteiger partial charge in [0.05, 0.1) is 0 Å². The van der Waals surface area contributed by atoms with E-state index in [0.717, 1.165) is 55.8 Å². The van der Waals surface area contributed by atoms with Gasteiger partial charge in [-0.25, -0.2) is 0 Å². The number of aryl methyl sites for hydroxylation is 2. The van der Waals surface area contributed by atoms with Crippen LogP contribution in [0.1, 0.15) is 30.9 Å². The number of rotatable bonds is 6. The lowest BCUT2D eigenvalue weighted by molar-refractivity contribution is -1.01. The molecule has 0 radical (unpaired) electrons. The van der Waals surface area contributed by atoms with E-state index in [1.54, 1.807) is 0 Å². The largest absolute Gasteiger partial charge is 0.348 e. The van der Waals surface area contributed by atoms with Gasteiger partial charge in [-0.3, -0.25) is 9.59 Å². The number of piperazine rings is 1. The van der Waals surface area contributed by atoms with Gasteiger partial charge in [0.15, 0.2) is 12.6 Å². The van der Waals surface area contributed by atoms with Crippen LogP contribution in [0.2, 0.25) is 0 Å². The van der Waals surface area contributed by atoms with Gasteiger partial charge in [0, 0.05) is 11.7 Å². The highest BCUT2D eigenvalue weighted by Crippen LogP contribution is 2.19. The second-order valence-electron chi connectivity index (χ2n) is 7.90. The SMILES string of the molecule is Cc1cccc(C)c1NC(=O)C[NH+]1CC[NH+]([C@H](C)C(=O)NC2CC2)CC1. The molecule has 142 valence electrons. The Bertz CT molecular complexity index is 644. The second-order valence-corrected chi connectivity index (χ2v) is 7.90. The first-order valence-electron chi connectivity index (χ1n) is 9.78. The van der Waals surface area contributed by atoms with Crippen LogP contribution in [0.25, 0.3) is 0 Å². The Labute approximate surface area is 155 Å². The minimum atomic E-state index is 0.000550. The molecule has 6 heteroatoms. The number of amides is 2. The maximum Gasteiger partial charge on any atom is 0.279 e. The summed E-state index contributed by atoms with van der Waals surface area (Å²) in [5.74, 6) is 0.249. The quantitative estimate of drug-likeness (QED) is 0.509. The highest BCUT2D eigenvalue weighted by atomic mass is 16.2. The third-order valence-corrected chi connectivity index (χ3v) is 5.68. The second kappa shape index (κ2) is 8.18. The zero-order valence-corrected chi connectivity index (χ0v) is 16.2. The molecule has 26 heavy (non-hydrogen) atoms. The zero-order valence-electron chi connectivity index (χ0n) is 16.2. The Balaban J connectivity index is 1.44. The van der Waals surface area contributed by atoms with E-state index in [9.17, 15) is 9.59 Å². The highest BCUT2D eigenvalue weighted by molar-refractivity contribution is 5.93. The van der Waals surface area contributed by atoms with Gasteiger partial charge in [-0.1, -0.05) is 18.2 Å². The van der Waals surface area contributed by atoms with Gasteiger partial charge < -0.3 is 20.4 Å². The number of carbonyl (C=O) groups is 2. The Kier molecular flexibility index (Phi) is 5.94. The van der Waals surface area contributed by atoms with Crippen molar-refractivity contribution < 1.29 is 19.4 Å². The molecule has 1 aliphatic carbocycles. The monoisotopic (exact) mass is 360 g/mol. The van der Waals surface area contributed by atoms with E-state index < -0.39 is 0 Å². The van der Waals surface area contributed by atoms with Crippen LogP contribution in [-0.4, -0.2) is 56.6 Å². The van der Waals surface area contributed by atoms with Crippen LogP contribution in [0, 0.1) is 13.8 Å². The van der Waals surface area contributed by atoms with Gasteiger partial charge in [0.25, 0.3) is 11.8 Å². The Morgan fingerprint density at radius 2 is 1.73 bits per heavy atom. The van der Waals surface area contributed by atoms with Crippen LogP contribution < -0.4 is 20.4 Å². The van der Waals surface area contributed by atoms with Crippen LogP contribution in [0.4, 0.5) is 5.69 Å². The first-order chi connectivity index (χ1) is 12.4. The van der Waals surface area contributed by atoms with Gasteiger partial charge in [-0.15, -0.1) is 0 Å². The summed E-state index contributed by atoms with van der Waals surface area (Å²) in [7, 11) is 0. The van der Waals surface area contributed by atoms with Crippen molar-refractivity contribution in [2.75, 3.05) is 38.0 Å². The molecule has 1 saturated heterocycles. The summed E-state index contributed by atoms with van der Waals surface area (Å²) in [6, 6.07) is 6.47. The van der Waals surface area contributed by atoms with Crippen molar-refractivity contribution >= 4 is 17.5 Å². The fourth-order valence-electron chi connectivity index (χ4n) is 3.70. The molecule has 6 nitrogen and oxygen atoms in total. The summed E-state index contributed by atoms with van der Waals surface area (Å²) in [6.45, 7) is 10.3. The van der Waals surface area contributed by atoms with Crippen molar-refractivity contribution in [2.45, 2.75) is 45.7 Å². The van der Waals surface area contributed by atoms with Crippen molar-refractivity contribution in [3.8, 4) is 0 Å². The summed E-state index contributed by atoms with van der Waals surface area (Å²) < 4.78 is 0. The summed E-state index contributed by atoms with van der Waals surface area (Å²) in [5.41, 5.74) is 3.13. The minimum absolute atomic E-state index is 0.000550. The Morgan fingerprint density at radius 1 is 1.12 bits per heavy atom. The lowest BCUT2D eigenvalue weighted by atomic mass is 10.1. The standard InChI is InChI=1S/C20H30N4O2/c1-14-5-4-6-15(2)19(14)22-18(25)13-23-9-11-24(12-10-23)16(3)20(26)21-17-7-8-17/h4-6,16-17H,7-13H2,1-3H3,(H,21,26)(H,22,25)/p+2/t16-/m1/s1. The van der Waals surface area contributed by atoms with E-state index in [-0.39, 0.29) is 17.9 Å². The van der Waals surface area contributed by atoms with E-state index in [2.05, 4.69) is 10.6 Å². The van der Waals surface area contributed by atoms with E-state index in [0.29, 0.717) is 12.6 Å². The summed E-state index contributed by atoms with van der Waals surface area (Å²) >= 11 is 0. The average Bonchev–Trinajstić information content (AvgIpc) is 3.42. The molecule has 1 saturated carbocycles. The van der Waals surface area contributed by atoms with Crippen LogP contribution in [0.3, 0.4) is 0 Å². The maximum absolute atomic E-state index is 12.4. The zero-order chi connectivity index (χ0) is 18.7. The number of quaternary nitrogens is 2. The molecule has 0 aromatic heterocycles. The van der Waals surface area contributed by atoms with Gasteiger partial charge in [0.1, 0.15) is 26.2 Å². The van der Waals surface area contributed by atoms with Gasteiger partial charge in [0.2, 0.25) is 0 Å². The average molecular weight is 361 g/mol. The van der Waals surface area contributed by atoms with E-state index in [4.69, 9.17) is 0 Å². The molecule has 1 aromatic rings. The molecule has 2 aliphatic rings. The molecule has 3 rings (SSSR count). The molecule has 0 unspecified atom stereocenters. The van der Waals surface area contributed by atoms with Crippen LogP contribution in [-0.2, 0) is 9.59 Å². The lowest BCUT2D eigenvalue weighted by Gasteiger charge is -2.32. The van der Waals surface area contributed by atoms with E-state index >= 15 is 0 Å². The molecule has 1 atom stereocenters. The fraction of sp³-hybridized carbons (Fsp3) is 0.600. The van der Waals surface area contributed by atoms with Crippen molar-refractivity contribution in [3.63, 3.8) is 0 Å². The Morgan fingerprint density at radius 3 is 2.31 bits per heavy atom. The number of benzene rings is 1. The number of hydrogen-bond donors (Lipinski definition) is 4. The van der Waals surface area contributed by atoms with Gasteiger partial charge in [-0.05, 0) is 44.7 Å². The number of anilines is 1. The molecule has 2 amide bonds. The maximum atomic E-state index is 12.4. The highest BCUT2D eigenvalue weighted by Gasteiger charge is 2.34. The van der Waals surface area contributed by atoms with E-state index in [1.165, 1.54) is 9.80 Å². The van der Waals surface area contributed by atoms with Crippen molar-refractivity contribution in [3.05, 3.63) is 29.3 Å². The number of para-hydroxylation sites is 1. The summed E-state index contributed by atoms with van der Waals surface area (Å²) in [5, 5.41) is 6.18. The van der Waals surface area contributed by atoms with E-state index in [1.807, 2.05) is 39.0 Å². The van der Waals surface area contributed by atoms with Crippen LogP contribution >= 0.6 is 0 Å². The normalized spacial score (nSPS) is 24.0. The van der Waals surface area contributed by atoms with Crippen molar-refractivity contribution in [2.24, 2.45) is 0 Å². The number of nitrogens with one attached hydrogen (secondary N) is 4. The number of hydrogen-bond acceptors (Lipinski definition) is 2. The Hall–Kier alpha value is -1.92. The molecule has 1 aromatic carbocycles. The molecule has 2 fully saturated rings. The smallest absolute Gasteiger partial charge is 0.279 e. The van der Waals surface area contributed by atoms with Crippen molar-refractivity contribution in [1.82, 2.24) is 5.32 Å². The van der Waals surface area contributed by atoms with Gasteiger partial charge in [-0.2, -0.15) is 0 Å². The topological polar surface area (TPSA) is 67.1 Å². The predicted octanol–water partition coefficient (Wildman–Crippen LogP) is -1.31. The third-order valence-electron chi connectivity index (χ3n) is 5.68. The predicted molar refractivity (Wildman–Crippen MR) is 101 cm³/mol. The minimum Gasteiger partial charge on any atom is -0.348 e. The molecule has 4 N–H and O–H groups in total. The first kappa shape index (κ1) is 18.9. The molecular formula is C20H32N4O2+2. The summed E-state index contributed by atoms with van der Waals surface area (Å²) in [6.07, 6.45) is 2.25. The van der Waals surface area contributed by atoms with Gasteiger partial charge >= 0.3 is 0 Å². The molecule has 1 heterocycles. The molecule has 0 spiro atoms. The van der Waals surface area contributed by atoms with Crippen LogP contribution in [0.5, 0.6) is 0 Å².